The van der Waals surface area contributed by atoms with Crippen LogP contribution in [0.2, 0.25) is 10.0 Å². The van der Waals surface area contributed by atoms with Gasteiger partial charge in [0.15, 0.2) is 18.1 Å². The predicted molar refractivity (Wildman–Crippen MR) is 116 cm³/mol. The molecule has 162 valence electrons. The van der Waals surface area contributed by atoms with Crippen LogP contribution < -0.4 is 15.2 Å². The van der Waals surface area contributed by atoms with E-state index in [0.29, 0.717) is 17.3 Å². The summed E-state index contributed by atoms with van der Waals surface area (Å²) in [7, 11) is 1.37. The van der Waals surface area contributed by atoms with Crippen molar-refractivity contribution in [2.24, 2.45) is 5.73 Å². The molecule has 31 heavy (non-hydrogen) atoms. The fourth-order valence-corrected chi connectivity index (χ4v) is 4.07. The molecule has 1 heterocycles. The Bertz CT molecular complexity index is 1090. The lowest BCUT2D eigenvalue weighted by molar-refractivity contribution is -0.123. The van der Waals surface area contributed by atoms with Gasteiger partial charge in [-0.25, -0.2) is 4.39 Å². The van der Waals surface area contributed by atoms with Crippen LogP contribution in [0.1, 0.15) is 11.1 Å². The Kier molecular flexibility index (Phi) is 7.09. The normalized spacial score (nSPS) is 15.0. The molecule has 0 saturated carbocycles. The fraction of sp³-hybridized carbons (Fsp3) is 0.150. The first-order chi connectivity index (χ1) is 14.7. The van der Waals surface area contributed by atoms with E-state index in [9.17, 15) is 18.8 Å². The van der Waals surface area contributed by atoms with Crippen LogP contribution in [0.25, 0.3) is 6.08 Å². The summed E-state index contributed by atoms with van der Waals surface area (Å²) in [6, 6.07) is 7.10. The lowest BCUT2D eigenvalue weighted by Crippen LogP contribution is -2.28. The molecule has 1 aliphatic heterocycles. The minimum absolute atomic E-state index is 0.0494. The number of carbonyl (C=O) groups excluding carboxylic acids is 3. The smallest absolute Gasteiger partial charge is 0.293 e. The van der Waals surface area contributed by atoms with Gasteiger partial charge in [-0.2, -0.15) is 0 Å². The summed E-state index contributed by atoms with van der Waals surface area (Å²) in [6.45, 7) is -0.690. The van der Waals surface area contributed by atoms with E-state index in [2.05, 4.69) is 0 Å². The molecule has 0 unspecified atom stereocenters. The molecule has 1 fully saturated rings. The van der Waals surface area contributed by atoms with E-state index in [1.54, 1.807) is 0 Å². The molecule has 2 N–H and O–H groups in total. The molecule has 0 aliphatic carbocycles. The molecule has 11 heteroatoms. The highest BCUT2D eigenvalue weighted by Gasteiger charge is 2.36. The minimum atomic E-state index is -0.689. The van der Waals surface area contributed by atoms with Gasteiger partial charge in [0.1, 0.15) is 5.82 Å². The zero-order chi connectivity index (χ0) is 22.7. The van der Waals surface area contributed by atoms with E-state index in [1.807, 2.05) is 0 Å². The zero-order valence-corrected chi connectivity index (χ0v) is 18.3. The Labute approximate surface area is 190 Å². The molecule has 0 bridgehead atoms. The van der Waals surface area contributed by atoms with Gasteiger partial charge in [0.2, 0.25) is 0 Å². The van der Waals surface area contributed by atoms with Crippen LogP contribution in [-0.4, -0.2) is 35.7 Å². The number of nitrogens with zero attached hydrogens (tertiary/aromatic N) is 1. The third-order valence-electron chi connectivity index (χ3n) is 4.16. The fourth-order valence-electron chi connectivity index (χ4n) is 2.74. The second-order valence-corrected chi connectivity index (χ2v) is 8.06. The van der Waals surface area contributed by atoms with Crippen molar-refractivity contribution in [3.05, 3.63) is 62.2 Å². The summed E-state index contributed by atoms with van der Waals surface area (Å²) in [6.07, 6.45) is 1.44. The van der Waals surface area contributed by atoms with Gasteiger partial charge in [-0.15, -0.1) is 0 Å². The summed E-state index contributed by atoms with van der Waals surface area (Å²) in [5.74, 6) is -1.58. The van der Waals surface area contributed by atoms with Crippen LogP contribution in [0.15, 0.2) is 35.2 Å². The van der Waals surface area contributed by atoms with Gasteiger partial charge in [-0.3, -0.25) is 19.3 Å². The third kappa shape index (κ3) is 5.12. The molecule has 3 rings (SSSR count). The summed E-state index contributed by atoms with van der Waals surface area (Å²) in [4.78, 5) is 37.1. The number of hydrogen-bond donors (Lipinski definition) is 1. The molecule has 0 spiro atoms. The number of hydrogen-bond acceptors (Lipinski definition) is 6. The van der Waals surface area contributed by atoms with Crippen molar-refractivity contribution in [2.45, 2.75) is 6.54 Å². The topological polar surface area (TPSA) is 98.9 Å². The van der Waals surface area contributed by atoms with Crippen LogP contribution in [0.3, 0.4) is 0 Å². The number of thioether (sulfide) groups is 1. The van der Waals surface area contributed by atoms with Gasteiger partial charge in [0.25, 0.3) is 17.1 Å². The number of carbonyl (C=O) groups is 3. The first kappa shape index (κ1) is 22.9. The molecule has 0 atom stereocenters. The van der Waals surface area contributed by atoms with Gasteiger partial charge in [0.05, 0.1) is 23.6 Å². The maximum Gasteiger partial charge on any atom is 0.293 e. The highest BCUT2D eigenvalue weighted by molar-refractivity contribution is 8.18. The molecule has 2 aromatic carbocycles. The van der Waals surface area contributed by atoms with Crippen molar-refractivity contribution in [2.75, 3.05) is 13.7 Å². The van der Waals surface area contributed by atoms with Gasteiger partial charge < -0.3 is 15.2 Å². The highest BCUT2D eigenvalue weighted by atomic mass is 35.5. The number of ether oxygens (including phenoxy) is 2. The second kappa shape index (κ2) is 9.59. The zero-order valence-electron chi connectivity index (χ0n) is 16.0. The number of halogens is 3. The van der Waals surface area contributed by atoms with Crippen molar-refractivity contribution >= 4 is 58.1 Å². The SMILES string of the molecule is COc1cc(/C=C2\SC(=O)N(Cc3c(F)cccc3Cl)C2=O)cc(Cl)c1OCC(N)=O. The largest absolute Gasteiger partial charge is 0.493 e. The first-order valence-electron chi connectivity index (χ1n) is 8.68. The monoisotopic (exact) mass is 484 g/mol. The number of rotatable bonds is 7. The minimum Gasteiger partial charge on any atom is -0.493 e. The molecule has 0 aromatic heterocycles. The van der Waals surface area contributed by atoms with Gasteiger partial charge in [0, 0.05) is 10.6 Å². The van der Waals surface area contributed by atoms with Crippen LogP contribution in [0, 0.1) is 5.82 Å². The number of amides is 3. The van der Waals surface area contributed by atoms with E-state index in [4.69, 9.17) is 38.4 Å². The van der Waals surface area contributed by atoms with E-state index in [0.717, 1.165) is 4.90 Å². The standard InChI is InChI=1S/C20H15Cl2FN2O5S/c1-29-15-6-10(5-13(22)18(15)30-9-17(24)26)7-16-19(27)25(20(28)31-16)8-11-12(21)3-2-4-14(11)23/h2-7H,8-9H2,1H3,(H2,24,26)/b16-7-. The van der Waals surface area contributed by atoms with Crippen molar-refractivity contribution < 1.29 is 28.2 Å². The average molecular weight is 485 g/mol. The van der Waals surface area contributed by atoms with E-state index < -0.39 is 29.5 Å². The van der Waals surface area contributed by atoms with E-state index >= 15 is 0 Å². The number of nitrogens with two attached hydrogens (primary N) is 1. The quantitative estimate of drug-likeness (QED) is 0.589. The maximum absolute atomic E-state index is 14.1. The van der Waals surface area contributed by atoms with Crippen LogP contribution in [-0.2, 0) is 16.1 Å². The summed E-state index contributed by atoms with van der Waals surface area (Å²) < 4.78 is 24.5. The van der Waals surface area contributed by atoms with Gasteiger partial charge in [-0.1, -0.05) is 29.3 Å². The van der Waals surface area contributed by atoms with Crippen molar-refractivity contribution in [3.63, 3.8) is 0 Å². The summed E-state index contributed by atoms with van der Waals surface area (Å²) >= 11 is 12.9. The van der Waals surface area contributed by atoms with E-state index in [1.165, 1.54) is 43.5 Å². The number of primary amides is 1. The number of benzene rings is 2. The molecule has 1 saturated heterocycles. The second-order valence-electron chi connectivity index (χ2n) is 6.26. The van der Waals surface area contributed by atoms with Crippen molar-refractivity contribution in [3.8, 4) is 11.5 Å². The Morgan fingerprint density at radius 2 is 2.00 bits per heavy atom. The third-order valence-corrected chi connectivity index (χ3v) is 5.70. The van der Waals surface area contributed by atoms with Crippen LogP contribution >= 0.6 is 35.0 Å². The molecular weight excluding hydrogens is 470 g/mol. The number of methoxy groups -OCH3 is 1. The van der Waals surface area contributed by atoms with Gasteiger partial charge >= 0.3 is 0 Å². The Morgan fingerprint density at radius 3 is 2.65 bits per heavy atom. The number of imide groups is 1. The molecule has 3 amide bonds. The van der Waals surface area contributed by atoms with Crippen molar-refractivity contribution in [1.29, 1.82) is 0 Å². The van der Waals surface area contributed by atoms with Crippen molar-refractivity contribution in [1.82, 2.24) is 4.90 Å². The Hall–Kier alpha value is -2.75. The predicted octanol–water partition coefficient (Wildman–Crippen LogP) is 4.24. The molecule has 1 aliphatic rings. The lowest BCUT2D eigenvalue weighted by Gasteiger charge is -2.14. The molecule has 2 aromatic rings. The Morgan fingerprint density at radius 1 is 1.26 bits per heavy atom. The molecule has 7 nitrogen and oxygen atoms in total. The van der Waals surface area contributed by atoms with Crippen LogP contribution in [0.5, 0.6) is 11.5 Å². The highest BCUT2D eigenvalue weighted by Crippen LogP contribution is 2.39. The van der Waals surface area contributed by atoms with Crippen LogP contribution in [0.4, 0.5) is 9.18 Å². The molecular formula is C20H15Cl2FN2O5S. The first-order valence-corrected chi connectivity index (χ1v) is 10.3. The average Bonchev–Trinajstić information content (AvgIpc) is 2.96. The maximum atomic E-state index is 14.1. The molecule has 0 radical (unpaired) electrons. The van der Waals surface area contributed by atoms with Gasteiger partial charge in [-0.05, 0) is 47.7 Å². The summed E-state index contributed by atoms with van der Waals surface area (Å²) in [5, 5.41) is -0.328. The Balaban J connectivity index is 1.87. The lowest BCUT2D eigenvalue weighted by atomic mass is 10.1. The van der Waals surface area contributed by atoms with E-state index in [-0.39, 0.29) is 38.6 Å². The summed E-state index contributed by atoms with van der Waals surface area (Å²) in [5.41, 5.74) is 5.57.